The van der Waals surface area contributed by atoms with E-state index in [-0.39, 0.29) is 12.1 Å². The maximum absolute atomic E-state index is 10.4. The number of imidazole rings is 1. The molecule has 130 valence electrons. The Morgan fingerprint density at radius 1 is 1.33 bits per heavy atom. The zero-order chi connectivity index (χ0) is 16.5. The summed E-state index contributed by atoms with van der Waals surface area (Å²) in [5.74, 6) is 0.505. The fourth-order valence-electron chi connectivity index (χ4n) is 3.95. The molecule has 2 fully saturated rings. The third kappa shape index (κ3) is 3.26. The molecule has 0 spiro atoms. The van der Waals surface area contributed by atoms with Crippen LogP contribution in [-0.4, -0.2) is 36.6 Å². The molecule has 24 heavy (non-hydrogen) atoms. The number of hydrogen-bond acceptors (Lipinski definition) is 4. The second kappa shape index (κ2) is 6.69. The predicted molar refractivity (Wildman–Crippen MR) is 91.4 cm³/mol. The van der Waals surface area contributed by atoms with Crippen LogP contribution in [0.4, 0.5) is 0 Å². The minimum atomic E-state index is -0.263. The molecule has 0 aromatic carbocycles. The molecule has 0 radical (unpaired) electrons. The number of aliphatic hydroxyl groups is 1. The molecule has 0 aliphatic heterocycles. The Labute approximate surface area is 142 Å². The summed E-state index contributed by atoms with van der Waals surface area (Å²) in [6.45, 7) is 3.81. The van der Waals surface area contributed by atoms with Gasteiger partial charge in [-0.2, -0.15) is 5.10 Å². The Bertz CT molecular complexity index is 661. The quantitative estimate of drug-likeness (QED) is 0.851. The van der Waals surface area contributed by atoms with Gasteiger partial charge in [0, 0.05) is 43.3 Å². The normalized spacial score (nSPS) is 27.5. The molecule has 4 rings (SSSR count). The number of nitrogens with one attached hydrogen (secondary N) is 1. The molecule has 2 N–H and O–H groups in total. The number of rotatable bonds is 6. The first-order valence-corrected chi connectivity index (χ1v) is 9.11. The van der Waals surface area contributed by atoms with Gasteiger partial charge >= 0.3 is 0 Å². The lowest BCUT2D eigenvalue weighted by Crippen LogP contribution is -2.35. The molecular formula is C18H27N5O. The first-order valence-electron chi connectivity index (χ1n) is 9.11. The SMILES string of the molecule is Cc1nn(C2CCC2)cc1CN[C@@H]1CC(Cn2ccnc2)C[C@H]1O. The van der Waals surface area contributed by atoms with E-state index < -0.39 is 0 Å². The van der Waals surface area contributed by atoms with Crippen molar-refractivity contribution >= 4 is 0 Å². The lowest BCUT2D eigenvalue weighted by Gasteiger charge is -2.25. The van der Waals surface area contributed by atoms with Crippen LogP contribution in [0, 0.1) is 12.8 Å². The van der Waals surface area contributed by atoms with E-state index in [2.05, 4.69) is 37.8 Å². The van der Waals surface area contributed by atoms with Crippen LogP contribution in [0.2, 0.25) is 0 Å². The van der Waals surface area contributed by atoms with Crippen molar-refractivity contribution in [3.63, 3.8) is 0 Å². The molecule has 1 unspecified atom stereocenters. The van der Waals surface area contributed by atoms with Crippen LogP contribution in [-0.2, 0) is 13.1 Å². The molecule has 0 bridgehead atoms. The molecule has 3 atom stereocenters. The first-order chi connectivity index (χ1) is 11.7. The summed E-state index contributed by atoms with van der Waals surface area (Å²) in [4.78, 5) is 4.09. The lowest BCUT2D eigenvalue weighted by molar-refractivity contribution is 0.145. The monoisotopic (exact) mass is 329 g/mol. The van der Waals surface area contributed by atoms with Crippen molar-refractivity contribution in [2.75, 3.05) is 0 Å². The van der Waals surface area contributed by atoms with Crippen LogP contribution in [0.25, 0.3) is 0 Å². The molecule has 6 heteroatoms. The van der Waals surface area contributed by atoms with Gasteiger partial charge in [0.05, 0.1) is 24.2 Å². The fraction of sp³-hybridized carbons (Fsp3) is 0.667. The molecule has 2 aromatic heterocycles. The number of aromatic nitrogens is 4. The third-order valence-corrected chi connectivity index (χ3v) is 5.68. The van der Waals surface area contributed by atoms with Crippen molar-refractivity contribution < 1.29 is 5.11 Å². The zero-order valence-electron chi connectivity index (χ0n) is 14.3. The van der Waals surface area contributed by atoms with Crippen molar-refractivity contribution in [1.29, 1.82) is 0 Å². The van der Waals surface area contributed by atoms with Gasteiger partial charge in [0.1, 0.15) is 0 Å². The van der Waals surface area contributed by atoms with Gasteiger partial charge in [0.2, 0.25) is 0 Å². The Hall–Kier alpha value is -1.66. The molecule has 2 aromatic rings. The molecule has 2 aliphatic carbocycles. The summed E-state index contributed by atoms with van der Waals surface area (Å²) >= 11 is 0. The van der Waals surface area contributed by atoms with Crippen molar-refractivity contribution in [2.45, 2.75) is 70.3 Å². The van der Waals surface area contributed by atoms with Crippen LogP contribution in [0.5, 0.6) is 0 Å². The average Bonchev–Trinajstić information content (AvgIpc) is 3.18. The van der Waals surface area contributed by atoms with E-state index in [9.17, 15) is 5.11 Å². The fourth-order valence-corrected chi connectivity index (χ4v) is 3.95. The summed E-state index contributed by atoms with van der Waals surface area (Å²) in [7, 11) is 0. The second-order valence-electron chi connectivity index (χ2n) is 7.46. The minimum absolute atomic E-state index is 0.171. The van der Waals surface area contributed by atoms with Crippen LogP contribution < -0.4 is 5.32 Å². The number of aliphatic hydroxyl groups excluding tert-OH is 1. The summed E-state index contributed by atoms with van der Waals surface area (Å²) in [5, 5.41) is 18.6. The number of nitrogens with zero attached hydrogens (tertiary/aromatic N) is 4. The molecule has 6 nitrogen and oxygen atoms in total. The van der Waals surface area contributed by atoms with Gasteiger partial charge in [-0.3, -0.25) is 4.68 Å². The van der Waals surface area contributed by atoms with E-state index in [4.69, 9.17) is 0 Å². The third-order valence-electron chi connectivity index (χ3n) is 5.68. The van der Waals surface area contributed by atoms with Crippen molar-refractivity contribution in [2.24, 2.45) is 5.92 Å². The minimum Gasteiger partial charge on any atom is -0.391 e. The largest absolute Gasteiger partial charge is 0.391 e. The predicted octanol–water partition coefficient (Wildman–Crippen LogP) is 2.04. The topological polar surface area (TPSA) is 67.9 Å². The van der Waals surface area contributed by atoms with E-state index in [0.717, 1.165) is 31.6 Å². The summed E-state index contributed by atoms with van der Waals surface area (Å²) in [6.07, 6.45) is 13.3. The second-order valence-corrected chi connectivity index (χ2v) is 7.46. The zero-order valence-corrected chi connectivity index (χ0v) is 14.3. The van der Waals surface area contributed by atoms with Crippen LogP contribution in [0.3, 0.4) is 0 Å². The standard InChI is InChI=1S/C18H27N5O/c1-13-15(11-23(21-13)16-3-2-4-16)9-20-17-7-14(8-18(17)24)10-22-6-5-19-12-22/h5-6,11-12,14,16-18,20,24H,2-4,7-10H2,1H3/t14?,17-,18-/m1/s1. The smallest absolute Gasteiger partial charge is 0.0945 e. The van der Waals surface area contributed by atoms with Crippen LogP contribution in [0.15, 0.2) is 24.9 Å². The highest BCUT2D eigenvalue weighted by atomic mass is 16.3. The Kier molecular flexibility index (Phi) is 4.41. The van der Waals surface area contributed by atoms with Crippen molar-refractivity contribution in [3.8, 4) is 0 Å². The van der Waals surface area contributed by atoms with Gasteiger partial charge < -0.3 is 15.0 Å². The molecule has 2 saturated carbocycles. The Morgan fingerprint density at radius 3 is 2.92 bits per heavy atom. The van der Waals surface area contributed by atoms with E-state index in [1.807, 2.05) is 18.7 Å². The summed E-state index contributed by atoms with van der Waals surface area (Å²) in [6, 6.07) is 0.777. The summed E-state index contributed by atoms with van der Waals surface area (Å²) < 4.78 is 4.25. The van der Waals surface area contributed by atoms with Gasteiger partial charge in [-0.25, -0.2) is 4.98 Å². The van der Waals surface area contributed by atoms with E-state index in [1.165, 1.54) is 24.8 Å². The number of aryl methyl sites for hydroxylation is 1. The highest BCUT2D eigenvalue weighted by molar-refractivity contribution is 5.16. The highest BCUT2D eigenvalue weighted by Gasteiger charge is 2.32. The van der Waals surface area contributed by atoms with Gasteiger partial charge in [-0.05, 0) is 44.9 Å². The number of hydrogen-bond donors (Lipinski definition) is 2. The van der Waals surface area contributed by atoms with E-state index in [1.54, 1.807) is 0 Å². The van der Waals surface area contributed by atoms with Crippen LogP contribution in [0.1, 0.15) is 49.4 Å². The van der Waals surface area contributed by atoms with Crippen molar-refractivity contribution in [1.82, 2.24) is 24.6 Å². The molecule has 2 heterocycles. The molecule has 2 aliphatic rings. The Morgan fingerprint density at radius 2 is 2.21 bits per heavy atom. The van der Waals surface area contributed by atoms with Gasteiger partial charge in [0.25, 0.3) is 0 Å². The maximum Gasteiger partial charge on any atom is 0.0945 e. The van der Waals surface area contributed by atoms with E-state index in [0.29, 0.717) is 12.0 Å². The lowest BCUT2D eigenvalue weighted by atomic mass is 9.93. The van der Waals surface area contributed by atoms with Gasteiger partial charge in [-0.15, -0.1) is 0 Å². The molecule has 0 amide bonds. The van der Waals surface area contributed by atoms with Crippen molar-refractivity contribution in [3.05, 3.63) is 36.2 Å². The first kappa shape index (κ1) is 15.8. The highest BCUT2D eigenvalue weighted by Crippen LogP contribution is 2.32. The molecule has 0 saturated heterocycles. The average molecular weight is 329 g/mol. The summed E-state index contributed by atoms with van der Waals surface area (Å²) in [5.41, 5.74) is 2.36. The molecular weight excluding hydrogens is 302 g/mol. The van der Waals surface area contributed by atoms with Gasteiger partial charge in [0.15, 0.2) is 0 Å². The van der Waals surface area contributed by atoms with E-state index >= 15 is 0 Å². The maximum atomic E-state index is 10.4. The van der Waals surface area contributed by atoms with Gasteiger partial charge in [-0.1, -0.05) is 0 Å². The Balaban J connectivity index is 1.31. The van der Waals surface area contributed by atoms with Crippen LogP contribution >= 0.6 is 0 Å².